The third-order valence-electron chi connectivity index (χ3n) is 3.23. The Balaban J connectivity index is 1.85. The first-order valence-electron chi connectivity index (χ1n) is 6.77. The van der Waals surface area contributed by atoms with E-state index < -0.39 is 8.87 Å². The summed E-state index contributed by atoms with van der Waals surface area (Å²) in [5, 5.41) is 0. The minimum atomic E-state index is -3.01. The summed E-state index contributed by atoms with van der Waals surface area (Å²) in [6, 6.07) is 9.99. The number of benzene rings is 1. The fraction of sp³-hybridized carbons (Fsp3) is 0.500. The molecule has 1 aromatic rings. The molecule has 0 radical (unpaired) electrons. The van der Waals surface area contributed by atoms with Crippen LogP contribution in [-0.4, -0.2) is 50.6 Å². The predicted octanol–water partition coefficient (Wildman–Crippen LogP) is 2.13. The molecule has 1 fully saturated rings. The van der Waals surface area contributed by atoms with E-state index in [1.54, 1.807) is 4.90 Å². The number of hydrogen-bond donors (Lipinski definition) is 0. The molecule has 0 saturated carbocycles. The molecule has 1 amide bonds. The van der Waals surface area contributed by atoms with E-state index in [1.807, 2.05) is 30.3 Å². The number of amides is 1. The van der Waals surface area contributed by atoms with Crippen LogP contribution in [0, 0.1) is 0 Å². The van der Waals surface area contributed by atoms with Gasteiger partial charge in [-0.2, -0.15) is 0 Å². The Morgan fingerprint density at radius 2 is 2.05 bits per heavy atom. The van der Waals surface area contributed by atoms with Crippen molar-refractivity contribution in [2.24, 2.45) is 0 Å². The van der Waals surface area contributed by atoms with Crippen LogP contribution >= 0.6 is 10.8 Å². The highest BCUT2D eigenvalue weighted by Crippen LogP contribution is 2.19. The van der Waals surface area contributed by atoms with Crippen molar-refractivity contribution in [1.82, 2.24) is 4.90 Å². The minimum Gasteiger partial charge on any atom is -0.447 e. The third-order valence-corrected chi connectivity index (χ3v) is 5.90. The molecular formula is C14H19NO4S2. The van der Waals surface area contributed by atoms with Gasteiger partial charge >= 0.3 is 6.09 Å². The molecule has 0 N–H and O–H groups in total. The van der Waals surface area contributed by atoms with Crippen molar-refractivity contribution >= 4 is 25.8 Å². The maximum atomic E-state index is 11.7. The van der Waals surface area contributed by atoms with Gasteiger partial charge in [-0.05, 0) is 29.2 Å². The highest BCUT2D eigenvalue weighted by molar-refractivity contribution is 8.71. The van der Waals surface area contributed by atoms with E-state index in [0.29, 0.717) is 25.3 Å². The van der Waals surface area contributed by atoms with E-state index in [-0.39, 0.29) is 12.1 Å². The fourth-order valence-corrected chi connectivity index (χ4v) is 4.08. The lowest BCUT2D eigenvalue weighted by molar-refractivity contribution is 0.158. The second kappa shape index (κ2) is 7.17. The molecule has 116 valence electrons. The van der Waals surface area contributed by atoms with Crippen molar-refractivity contribution in [3.8, 4) is 0 Å². The van der Waals surface area contributed by atoms with Crippen LogP contribution in [-0.2, 0) is 20.0 Å². The molecule has 5 nitrogen and oxygen atoms in total. The first-order chi connectivity index (χ1) is 9.96. The van der Waals surface area contributed by atoms with Crippen molar-refractivity contribution in [2.45, 2.75) is 18.9 Å². The van der Waals surface area contributed by atoms with Gasteiger partial charge in [0.1, 0.15) is 6.61 Å². The van der Waals surface area contributed by atoms with E-state index in [9.17, 15) is 13.2 Å². The zero-order valence-electron chi connectivity index (χ0n) is 11.9. The Hall–Kier alpha value is -1.21. The number of carbonyl (C=O) groups excluding carboxylic acids is 1. The van der Waals surface area contributed by atoms with Crippen molar-refractivity contribution in [2.75, 3.05) is 25.2 Å². The summed E-state index contributed by atoms with van der Waals surface area (Å²) in [5.74, 6) is 0.487. The summed E-state index contributed by atoms with van der Waals surface area (Å²) in [6.45, 7) is 0.922. The van der Waals surface area contributed by atoms with Crippen LogP contribution in [0.3, 0.4) is 0 Å². The Kier molecular flexibility index (Phi) is 5.52. The molecule has 0 spiro atoms. The summed E-state index contributed by atoms with van der Waals surface area (Å²) in [6.07, 6.45) is 2.28. The molecule has 21 heavy (non-hydrogen) atoms. The van der Waals surface area contributed by atoms with Gasteiger partial charge in [-0.3, -0.25) is 0 Å². The highest BCUT2D eigenvalue weighted by atomic mass is 33.1. The lowest BCUT2D eigenvalue weighted by Crippen LogP contribution is -2.36. The molecule has 1 atom stereocenters. The number of rotatable bonds is 7. The molecule has 1 saturated heterocycles. The van der Waals surface area contributed by atoms with Gasteiger partial charge in [0, 0.05) is 18.6 Å². The predicted molar refractivity (Wildman–Crippen MR) is 83.9 cm³/mol. The van der Waals surface area contributed by atoms with E-state index in [0.717, 1.165) is 22.8 Å². The first kappa shape index (κ1) is 16.2. The summed E-state index contributed by atoms with van der Waals surface area (Å²) >= 11 is 0. The number of carbonyl (C=O) groups is 1. The molecule has 1 heterocycles. The van der Waals surface area contributed by atoms with Crippen molar-refractivity contribution in [3.63, 3.8) is 0 Å². The standard InChI is InChI=1S/C14H19NO4S2/c1-21(17,18)20-9-5-8-15-13(11-19-14(15)16)10-12-6-3-2-4-7-12/h2-4,6-7,13H,5,8-11H2,1H3/t13-/m0/s1. The lowest BCUT2D eigenvalue weighted by atomic mass is 10.1. The van der Waals surface area contributed by atoms with Crippen LogP contribution < -0.4 is 0 Å². The van der Waals surface area contributed by atoms with Crippen LogP contribution in [0.4, 0.5) is 4.79 Å². The Bertz CT molecular complexity index is 574. The second-order valence-electron chi connectivity index (χ2n) is 4.99. The van der Waals surface area contributed by atoms with Crippen molar-refractivity contribution < 1.29 is 17.9 Å². The van der Waals surface area contributed by atoms with Gasteiger partial charge in [-0.25, -0.2) is 13.2 Å². The number of cyclic esters (lactones) is 1. The molecular weight excluding hydrogens is 310 g/mol. The van der Waals surface area contributed by atoms with Gasteiger partial charge in [0.25, 0.3) is 0 Å². The van der Waals surface area contributed by atoms with Gasteiger partial charge in [0.05, 0.1) is 6.04 Å². The lowest BCUT2D eigenvalue weighted by Gasteiger charge is -2.21. The van der Waals surface area contributed by atoms with Gasteiger partial charge in [0.15, 0.2) is 8.87 Å². The third kappa shape index (κ3) is 5.24. The molecule has 7 heteroatoms. The Morgan fingerprint density at radius 1 is 1.33 bits per heavy atom. The summed E-state index contributed by atoms with van der Waals surface area (Å²) in [5.41, 5.74) is 1.16. The zero-order chi connectivity index (χ0) is 15.3. The highest BCUT2D eigenvalue weighted by Gasteiger charge is 2.32. The SMILES string of the molecule is CS(=O)(=O)SCCCN1C(=O)OC[C@@H]1Cc1ccccc1. The molecule has 1 aromatic carbocycles. The van der Waals surface area contributed by atoms with Crippen LogP contribution in [0.2, 0.25) is 0 Å². The van der Waals surface area contributed by atoms with Gasteiger partial charge in [-0.1, -0.05) is 30.3 Å². The van der Waals surface area contributed by atoms with E-state index in [2.05, 4.69) is 0 Å². The van der Waals surface area contributed by atoms with Crippen molar-refractivity contribution in [1.29, 1.82) is 0 Å². The maximum absolute atomic E-state index is 11.7. The number of nitrogens with zero attached hydrogens (tertiary/aromatic N) is 1. The van der Waals surface area contributed by atoms with Crippen LogP contribution in [0.25, 0.3) is 0 Å². The van der Waals surface area contributed by atoms with Crippen LogP contribution in [0.15, 0.2) is 30.3 Å². The van der Waals surface area contributed by atoms with E-state index >= 15 is 0 Å². The molecule has 2 rings (SSSR count). The zero-order valence-corrected chi connectivity index (χ0v) is 13.5. The second-order valence-corrected chi connectivity index (χ2v) is 9.57. The van der Waals surface area contributed by atoms with Gasteiger partial charge < -0.3 is 9.64 Å². The largest absolute Gasteiger partial charge is 0.447 e. The summed E-state index contributed by atoms with van der Waals surface area (Å²) in [4.78, 5) is 13.4. The number of hydrogen-bond acceptors (Lipinski definition) is 5. The number of ether oxygens (including phenoxy) is 1. The normalized spacial score (nSPS) is 18.8. The summed E-state index contributed by atoms with van der Waals surface area (Å²) in [7, 11) is -2.10. The topological polar surface area (TPSA) is 63.7 Å². The molecule has 0 aromatic heterocycles. The van der Waals surface area contributed by atoms with Crippen LogP contribution in [0.5, 0.6) is 0 Å². The molecule has 1 aliphatic heterocycles. The Morgan fingerprint density at radius 3 is 2.71 bits per heavy atom. The molecule has 1 aliphatic rings. The van der Waals surface area contributed by atoms with Gasteiger partial charge in [0.2, 0.25) is 0 Å². The average molecular weight is 329 g/mol. The fourth-order valence-electron chi connectivity index (χ4n) is 2.26. The quantitative estimate of drug-likeness (QED) is 0.566. The molecule has 0 unspecified atom stereocenters. The van der Waals surface area contributed by atoms with Crippen LogP contribution in [0.1, 0.15) is 12.0 Å². The Labute approximate surface area is 129 Å². The smallest absolute Gasteiger partial charge is 0.410 e. The van der Waals surface area contributed by atoms with Crippen molar-refractivity contribution in [3.05, 3.63) is 35.9 Å². The summed E-state index contributed by atoms with van der Waals surface area (Å²) < 4.78 is 27.2. The first-order valence-corrected chi connectivity index (χ1v) is 10.2. The van der Waals surface area contributed by atoms with E-state index in [1.165, 1.54) is 6.26 Å². The monoisotopic (exact) mass is 329 g/mol. The molecule has 0 aliphatic carbocycles. The maximum Gasteiger partial charge on any atom is 0.410 e. The average Bonchev–Trinajstić information content (AvgIpc) is 2.76. The minimum absolute atomic E-state index is 0.0307. The molecule has 0 bridgehead atoms. The van der Waals surface area contributed by atoms with Gasteiger partial charge in [-0.15, -0.1) is 0 Å². The van der Waals surface area contributed by atoms with E-state index in [4.69, 9.17) is 4.74 Å².